The van der Waals surface area contributed by atoms with Gasteiger partial charge in [-0.3, -0.25) is 5.73 Å². The van der Waals surface area contributed by atoms with Gasteiger partial charge in [-0.2, -0.15) is 0 Å². The molecule has 3 N–H and O–H groups in total. The molecule has 17 heavy (non-hydrogen) atoms. The number of hydrogen-bond donors (Lipinski definition) is 2. The van der Waals surface area contributed by atoms with Crippen LogP contribution in [-0.2, 0) is 6.54 Å². The third-order valence-corrected chi connectivity index (χ3v) is 3.05. The number of phenols is 1. The molecule has 0 radical (unpaired) electrons. The third kappa shape index (κ3) is 1.56. The zero-order valence-electron chi connectivity index (χ0n) is 9.30. The lowest BCUT2D eigenvalue weighted by molar-refractivity contribution is -0.453. The quantitative estimate of drug-likeness (QED) is 0.729. The average Bonchev–Trinajstić information content (AvgIpc) is 2.68. The maximum absolute atomic E-state index is 9.50. The molecule has 0 amide bonds. The number of phenolic OH excluding ortho intramolecular Hbond substituents is 1. The van der Waals surface area contributed by atoms with Crippen molar-refractivity contribution in [1.29, 1.82) is 0 Å². The Morgan fingerprint density at radius 1 is 1.06 bits per heavy atom. The molecule has 3 nitrogen and oxygen atoms in total. The lowest BCUT2D eigenvalue weighted by Crippen LogP contribution is -2.19. The number of fused-ring (bicyclic) bond motifs is 1. The Morgan fingerprint density at radius 2 is 1.88 bits per heavy atom. The molecule has 2 aromatic carbocycles. The molecular weight excluding hydrogens is 212 g/mol. The Balaban J connectivity index is 2.11. The summed E-state index contributed by atoms with van der Waals surface area (Å²) in [5.41, 5.74) is 9.34. The van der Waals surface area contributed by atoms with E-state index in [9.17, 15) is 5.11 Å². The van der Waals surface area contributed by atoms with Crippen LogP contribution in [0.15, 0.2) is 48.5 Å². The van der Waals surface area contributed by atoms with Crippen molar-refractivity contribution < 1.29 is 9.68 Å². The topological polar surface area (TPSA) is 49.3 Å². The predicted octanol–water partition coefficient (Wildman–Crippen LogP) is 1.96. The van der Waals surface area contributed by atoms with E-state index in [4.69, 9.17) is 5.73 Å². The van der Waals surface area contributed by atoms with Gasteiger partial charge in [0.2, 0.25) is 0 Å². The van der Waals surface area contributed by atoms with Gasteiger partial charge in [-0.15, -0.1) is 0 Å². The highest BCUT2D eigenvalue weighted by Crippen LogP contribution is 2.25. The summed E-state index contributed by atoms with van der Waals surface area (Å²) >= 11 is 0. The largest absolute Gasteiger partial charge is 0.508 e. The molecule has 0 saturated heterocycles. The van der Waals surface area contributed by atoms with E-state index in [1.165, 1.54) is 5.56 Å². The van der Waals surface area contributed by atoms with Crippen molar-refractivity contribution in [2.45, 2.75) is 6.54 Å². The van der Waals surface area contributed by atoms with E-state index in [1.807, 2.05) is 34.9 Å². The maximum atomic E-state index is 9.50. The molecule has 3 heteroatoms. The molecule has 0 spiro atoms. The highest BCUT2D eigenvalue weighted by atomic mass is 16.3. The molecule has 0 aliphatic carbocycles. The van der Waals surface area contributed by atoms with Gasteiger partial charge in [0, 0.05) is 11.6 Å². The third-order valence-electron chi connectivity index (χ3n) is 3.05. The van der Waals surface area contributed by atoms with E-state index < -0.39 is 0 Å². The standard InChI is InChI=1S/C14H12N2O/c15-14-13-7-2-1-4-10(13)9-16(14)11-5-3-6-12(17)8-11/h1-8,15,17H,9H2/p+1. The van der Waals surface area contributed by atoms with E-state index in [-0.39, 0.29) is 5.75 Å². The van der Waals surface area contributed by atoms with Crippen LogP contribution >= 0.6 is 0 Å². The smallest absolute Gasteiger partial charge is 0.280 e. The normalized spacial score (nSPS) is 13.9. The second-order valence-electron chi connectivity index (χ2n) is 4.15. The van der Waals surface area contributed by atoms with E-state index in [2.05, 4.69) is 6.07 Å². The molecule has 2 aromatic rings. The minimum Gasteiger partial charge on any atom is -0.508 e. The summed E-state index contributed by atoms with van der Waals surface area (Å²) in [5, 5.41) is 9.50. The van der Waals surface area contributed by atoms with Crippen molar-refractivity contribution in [3.63, 3.8) is 0 Å². The lowest BCUT2D eigenvalue weighted by atomic mass is 10.1. The van der Waals surface area contributed by atoms with Crippen LogP contribution in [0, 0.1) is 0 Å². The van der Waals surface area contributed by atoms with Gasteiger partial charge in [-0.1, -0.05) is 24.3 Å². The maximum Gasteiger partial charge on any atom is 0.280 e. The van der Waals surface area contributed by atoms with Crippen LogP contribution in [0.4, 0.5) is 5.69 Å². The van der Waals surface area contributed by atoms with Crippen LogP contribution in [0.2, 0.25) is 0 Å². The van der Waals surface area contributed by atoms with Crippen molar-refractivity contribution >= 4 is 11.5 Å². The van der Waals surface area contributed by atoms with Crippen LogP contribution < -0.4 is 5.73 Å². The molecular formula is C14H13N2O+. The van der Waals surface area contributed by atoms with Crippen LogP contribution in [-0.4, -0.2) is 15.5 Å². The number of nitrogens with zero attached hydrogens (tertiary/aromatic N) is 1. The molecule has 1 aliphatic heterocycles. The molecule has 84 valence electrons. The molecule has 1 aliphatic rings. The van der Waals surface area contributed by atoms with E-state index >= 15 is 0 Å². The zero-order valence-corrected chi connectivity index (χ0v) is 9.30. The minimum absolute atomic E-state index is 0.256. The molecule has 1 heterocycles. The Bertz CT molecular complexity index is 617. The fraction of sp³-hybridized carbons (Fsp3) is 0.0714. The van der Waals surface area contributed by atoms with Crippen LogP contribution in [0.1, 0.15) is 11.1 Å². The van der Waals surface area contributed by atoms with Gasteiger partial charge >= 0.3 is 0 Å². The fourth-order valence-electron chi connectivity index (χ4n) is 2.20. The average molecular weight is 225 g/mol. The SMILES string of the molecule is NC1=[N+](c2cccc(O)c2)Cc2ccccc21. The number of nitrogens with two attached hydrogens (primary N) is 1. The Labute approximate surface area is 99.5 Å². The summed E-state index contributed by atoms with van der Waals surface area (Å²) in [6, 6.07) is 15.2. The Hall–Kier alpha value is -2.29. The highest BCUT2D eigenvalue weighted by Gasteiger charge is 2.25. The van der Waals surface area contributed by atoms with E-state index in [1.54, 1.807) is 12.1 Å². The second kappa shape index (κ2) is 3.63. The van der Waals surface area contributed by atoms with Gasteiger partial charge in [-0.05, 0) is 18.2 Å². The fourth-order valence-corrected chi connectivity index (χ4v) is 2.20. The van der Waals surface area contributed by atoms with Crippen LogP contribution in [0.5, 0.6) is 5.75 Å². The molecule has 0 atom stereocenters. The van der Waals surface area contributed by atoms with Crippen LogP contribution in [0.3, 0.4) is 0 Å². The van der Waals surface area contributed by atoms with Gasteiger partial charge in [0.25, 0.3) is 5.84 Å². The van der Waals surface area contributed by atoms with Crippen molar-refractivity contribution in [3.05, 3.63) is 59.7 Å². The Kier molecular flexibility index (Phi) is 2.11. The van der Waals surface area contributed by atoms with Crippen molar-refractivity contribution in [3.8, 4) is 5.75 Å². The summed E-state index contributed by atoms with van der Waals surface area (Å²) in [4.78, 5) is 0. The van der Waals surface area contributed by atoms with E-state index in [0.29, 0.717) is 0 Å². The predicted molar refractivity (Wildman–Crippen MR) is 66.5 cm³/mol. The van der Waals surface area contributed by atoms with Gasteiger partial charge < -0.3 is 5.11 Å². The minimum atomic E-state index is 0.256. The van der Waals surface area contributed by atoms with Crippen molar-refractivity contribution in [2.24, 2.45) is 5.73 Å². The molecule has 0 bridgehead atoms. The number of amidine groups is 1. The molecule has 0 unspecified atom stereocenters. The highest BCUT2D eigenvalue weighted by molar-refractivity contribution is 5.97. The van der Waals surface area contributed by atoms with Crippen LogP contribution in [0.25, 0.3) is 0 Å². The first-order valence-corrected chi connectivity index (χ1v) is 5.53. The van der Waals surface area contributed by atoms with Gasteiger partial charge in [0.05, 0.1) is 5.56 Å². The second-order valence-corrected chi connectivity index (χ2v) is 4.15. The monoisotopic (exact) mass is 225 g/mol. The first kappa shape index (κ1) is 9.90. The first-order chi connectivity index (χ1) is 8.25. The summed E-state index contributed by atoms with van der Waals surface area (Å²) in [7, 11) is 0. The first-order valence-electron chi connectivity index (χ1n) is 5.53. The summed E-state index contributed by atoms with van der Waals surface area (Å²) < 4.78 is 2.00. The molecule has 0 aromatic heterocycles. The van der Waals surface area contributed by atoms with Gasteiger partial charge in [0.15, 0.2) is 0 Å². The zero-order chi connectivity index (χ0) is 11.8. The van der Waals surface area contributed by atoms with Gasteiger partial charge in [0.1, 0.15) is 18.0 Å². The number of benzene rings is 2. The lowest BCUT2D eigenvalue weighted by Gasteiger charge is -2.02. The van der Waals surface area contributed by atoms with E-state index in [0.717, 1.165) is 23.6 Å². The van der Waals surface area contributed by atoms with Crippen molar-refractivity contribution in [2.75, 3.05) is 0 Å². The summed E-state index contributed by atoms with van der Waals surface area (Å²) in [6.45, 7) is 0.755. The Morgan fingerprint density at radius 3 is 2.65 bits per heavy atom. The molecule has 0 fully saturated rings. The number of hydrogen-bond acceptors (Lipinski definition) is 2. The number of rotatable bonds is 1. The molecule has 0 saturated carbocycles. The van der Waals surface area contributed by atoms with Gasteiger partial charge in [-0.25, -0.2) is 4.58 Å². The molecule has 3 rings (SSSR count). The summed E-state index contributed by atoms with van der Waals surface area (Å²) in [6.07, 6.45) is 0. The number of aromatic hydroxyl groups is 1. The van der Waals surface area contributed by atoms with Crippen molar-refractivity contribution in [1.82, 2.24) is 0 Å². The summed E-state index contributed by atoms with van der Waals surface area (Å²) in [5.74, 6) is 0.998.